The number of nitrogens with zero attached hydrogens (tertiary/aromatic N) is 1. The average molecular weight is 86.1 g/mol. The topological polar surface area (TPSA) is 56.0 Å². The molecule has 0 saturated carbocycles. The zero-order valence-corrected chi connectivity index (χ0v) is 3.47. The van der Waals surface area contributed by atoms with Crippen LogP contribution in [0, 0.1) is 11.5 Å². The van der Waals surface area contributed by atoms with E-state index in [4.69, 9.17) is 10.4 Å². The molecule has 0 amide bonds. The molecule has 0 saturated heterocycles. The molecule has 0 fully saturated rings. The minimum Gasteiger partial charge on any atom is -0.373 e. The Kier molecular flexibility index (Phi) is 2.17. The van der Waals surface area contributed by atoms with Crippen molar-refractivity contribution in [1.82, 2.24) is 5.32 Å². The highest BCUT2D eigenvalue weighted by molar-refractivity contribution is 4.63. The van der Waals surface area contributed by atoms with Gasteiger partial charge in [-0.25, -0.2) is 0 Å². The van der Waals surface area contributed by atoms with Crippen LogP contribution in [0.15, 0.2) is 0 Å². The van der Waals surface area contributed by atoms with Gasteiger partial charge in [0.25, 0.3) is 0 Å². The van der Waals surface area contributed by atoms with Gasteiger partial charge in [0.1, 0.15) is 6.23 Å². The van der Waals surface area contributed by atoms with E-state index < -0.39 is 6.23 Å². The van der Waals surface area contributed by atoms with Crippen LogP contribution >= 0.6 is 0 Å². The zero-order valence-electron chi connectivity index (χ0n) is 3.47. The maximum absolute atomic E-state index is 8.22. The van der Waals surface area contributed by atoms with Gasteiger partial charge in [-0.1, -0.05) is 0 Å². The molecular weight excluding hydrogens is 80.0 g/mol. The predicted molar refractivity (Wildman–Crippen MR) is 20.4 cm³/mol. The molecular formula is C3H6N2O. The number of aliphatic hydroxyl groups is 1. The first-order chi connectivity index (χ1) is 2.77. The van der Waals surface area contributed by atoms with E-state index in [1.165, 1.54) is 6.92 Å². The Morgan fingerprint density at radius 1 is 2.00 bits per heavy atom. The van der Waals surface area contributed by atoms with E-state index in [0.29, 0.717) is 0 Å². The molecule has 0 aromatic carbocycles. The molecule has 1 atom stereocenters. The minimum absolute atomic E-state index is 0.713. The van der Waals surface area contributed by atoms with E-state index in [2.05, 4.69) is 5.32 Å². The maximum Gasteiger partial charge on any atom is 0.178 e. The number of hydrogen-bond acceptors (Lipinski definition) is 3. The summed E-state index contributed by atoms with van der Waals surface area (Å²) in [6.45, 7) is 1.48. The predicted octanol–water partition coefficient (Wildman–Crippen LogP) is -0.605. The molecule has 0 bridgehead atoms. The molecule has 3 heteroatoms. The lowest BCUT2D eigenvalue weighted by atomic mass is 10.7. The fourth-order valence-electron chi connectivity index (χ4n) is 0.0934. The summed E-state index contributed by atoms with van der Waals surface area (Å²) >= 11 is 0. The summed E-state index contributed by atoms with van der Waals surface area (Å²) in [5.41, 5.74) is 0. The number of nitriles is 1. The quantitative estimate of drug-likeness (QED) is 0.254. The molecule has 0 aromatic rings. The fourth-order valence-corrected chi connectivity index (χ4v) is 0.0934. The first-order valence-corrected chi connectivity index (χ1v) is 1.60. The first-order valence-electron chi connectivity index (χ1n) is 1.60. The minimum atomic E-state index is -0.713. The SMILES string of the molecule is CC(O)NC#N. The van der Waals surface area contributed by atoms with Crippen LogP contribution < -0.4 is 5.32 Å². The van der Waals surface area contributed by atoms with E-state index >= 15 is 0 Å². The Labute approximate surface area is 36.2 Å². The molecule has 1 unspecified atom stereocenters. The third-order valence-electron chi connectivity index (χ3n) is 0.273. The van der Waals surface area contributed by atoms with E-state index in [9.17, 15) is 0 Å². The molecule has 0 rings (SSSR count). The van der Waals surface area contributed by atoms with Crippen LogP contribution in [0.1, 0.15) is 6.92 Å². The van der Waals surface area contributed by atoms with Gasteiger partial charge in [-0.15, -0.1) is 0 Å². The molecule has 34 valence electrons. The van der Waals surface area contributed by atoms with Crippen LogP contribution in [0.3, 0.4) is 0 Å². The third kappa shape index (κ3) is 3.25. The maximum atomic E-state index is 8.22. The number of hydrogen-bond donors (Lipinski definition) is 2. The number of nitrogens with one attached hydrogen (secondary N) is 1. The number of rotatable bonds is 1. The van der Waals surface area contributed by atoms with Crippen molar-refractivity contribution < 1.29 is 5.11 Å². The van der Waals surface area contributed by atoms with Gasteiger partial charge in [-0.3, -0.25) is 5.32 Å². The van der Waals surface area contributed by atoms with Gasteiger partial charge in [-0.2, -0.15) is 5.26 Å². The van der Waals surface area contributed by atoms with Gasteiger partial charge in [0.05, 0.1) is 0 Å². The summed E-state index contributed by atoms with van der Waals surface area (Å²) in [6.07, 6.45) is 0.854. The largest absolute Gasteiger partial charge is 0.373 e. The van der Waals surface area contributed by atoms with Gasteiger partial charge >= 0.3 is 0 Å². The van der Waals surface area contributed by atoms with Crippen molar-refractivity contribution in [3.05, 3.63) is 0 Å². The van der Waals surface area contributed by atoms with Crippen molar-refractivity contribution in [1.29, 1.82) is 5.26 Å². The standard InChI is InChI=1S/C3H6N2O/c1-3(6)5-2-4/h3,5-6H,1H3. The fraction of sp³-hybridized carbons (Fsp3) is 0.667. The lowest BCUT2D eigenvalue weighted by Gasteiger charge is -1.93. The van der Waals surface area contributed by atoms with Crippen molar-refractivity contribution in [3.8, 4) is 6.19 Å². The third-order valence-corrected chi connectivity index (χ3v) is 0.273. The Morgan fingerprint density at radius 3 is 2.50 bits per heavy atom. The van der Waals surface area contributed by atoms with Gasteiger partial charge in [0, 0.05) is 0 Å². The molecule has 6 heavy (non-hydrogen) atoms. The van der Waals surface area contributed by atoms with Crippen LogP contribution in [0.2, 0.25) is 0 Å². The summed E-state index contributed by atoms with van der Waals surface area (Å²) in [4.78, 5) is 0. The summed E-state index contributed by atoms with van der Waals surface area (Å²) in [5.74, 6) is 0. The molecule has 0 aliphatic carbocycles. The van der Waals surface area contributed by atoms with Crippen molar-refractivity contribution in [2.24, 2.45) is 0 Å². The van der Waals surface area contributed by atoms with E-state index in [1.54, 1.807) is 6.19 Å². The van der Waals surface area contributed by atoms with Crippen LogP contribution in [-0.2, 0) is 0 Å². The molecule has 0 aliphatic heterocycles. The Hall–Kier alpha value is -0.750. The highest BCUT2D eigenvalue weighted by Crippen LogP contribution is 1.62. The lowest BCUT2D eigenvalue weighted by molar-refractivity contribution is 0.176. The van der Waals surface area contributed by atoms with Crippen LogP contribution in [0.25, 0.3) is 0 Å². The van der Waals surface area contributed by atoms with Crippen molar-refractivity contribution in [2.75, 3.05) is 0 Å². The second-order valence-corrected chi connectivity index (χ2v) is 0.932. The molecule has 0 heterocycles. The second-order valence-electron chi connectivity index (χ2n) is 0.932. The van der Waals surface area contributed by atoms with E-state index in [0.717, 1.165) is 0 Å². The smallest absolute Gasteiger partial charge is 0.178 e. The highest BCUT2D eigenvalue weighted by atomic mass is 16.3. The highest BCUT2D eigenvalue weighted by Gasteiger charge is 1.82. The number of aliphatic hydroxyl groups excluding tert-OH is 1. The van der Waals surface area contributed by atoms with E-state index in [-0.39, 0.29) is 0 Å². The lowest BCUT2D eigenvalue weighted by Crippen LogP contribution is -2.18. The normalized spacial score (nSPS) is 12.2. The molecule has 0 spiro atoms. The van der Waals surface area contributed by atoms with Gasteiger partial charge in [0.2, 0.25) is 0 Å². The van der Waals surface area contributed by atoms with Gasteiger partial charge < -0.3 is 5.11 Å². The summed E-state index contributed by atoms with van der Waals surface area (Å²) in [6, 6.07) is 0. The van der Waals surface area contributed by atoms with Crippen LogP contribution in [-0.4, -0.2) is 11.3 Å². The van der Waals surface area contributed by atoms with Crippen molar-refractivity contribution in [3.63, 3.8) is 0 Å². The monoisotopic (exact) mass is 86.0 g/mol. The van der Waals surface area contributed by atoms with Crippen LogP contribution in [0.5, 0.6) is 0 Å². The summed E-state index contributed by atoms with van der Waals surface area (Å²) in [7, 11) is 0. The van der Waals surface area contributed by atoms with Gasteiger partial charge in [0.15, 0.2) is 6.19 Å². The summed E-state index contributed by atoms with van der Waals surface area (Å²) < 4.78 is 0. The average Bonchev–Trinajstić information content (AvgIpc) is 1.35. The Morgan fingerprint density at radius 2 is 2.50 bits per heavy atom. The Balaban J connectivity index is 2.88. The summed E-state index contributed by atoms with van der Waals surface area (Å²) in [5, 5.41) is 18.0. The van der Waals surface area contributed by atoms with Crippen molar-refractivity contribution in [2.45, 2.75) is 13.2 Å². The van der Waals surface area contributed by atoms with Crippen molar-refractivity contribution >= 4 is 0 Å². The van der Waals surface area contributed by atoms with Crippen LogP contribution in [0.4, 0.5) is 0 Å². The molecule has 0 aliphatic rings. The van der Waals surface area contributed by atoms with E-state index in [1.807, 2.05) is 0 Å². The molecule has 0 radical (unpaired) electrons. The Bertz CT molecular complexity index is 63.7. The molecule has 0 aromatic heterocycles. The molecule has 3 nitrogen and oxygen atoms in total. The molecule has 2 N–H and O–H groups in total. The zero-order chi connectivity index (χ0) is 4.99. The second kappa shape index (κ2) is 2.49. The van der Waals surface area contributed by atoms with Gasteiger partial charge in [-0.05, 0) is 6.92 Å². The first kappa shape index (κ1) is 5.25.